The number of nitrogens with zero attached hydrogens (tertiary/aromatic N) is 3. The number of aromatic amines is 1. The van der Waals surface area contributed by atoms with E-state index in [1.807, 2.05) is 30.5 Å². The molecule has 0 atom stereocenters. The molecular formula is C21H24N4O. The summed E-state index contributed by atoms with van der Waals surface area (Å²) in [6.45, 7) is 5.15. The Labute approximate surface area is 154 Å². The fourth-order valence-corrected chi connectivity index (χ4v) is 3.38. The Morgan fingerprint density at radius 3 is 2.38 bits per heavy atom. The number of para-hydroxylation sites is 1. The van der Waals surface area contributed by atoms with E-state index in [0.29, 0.717) is 0 Å². The van der Waals surface area contributed by atoms with Crippen LogP contribution in [0.3, 0.4) is 0 Å². The molecule has 1 aliphatic heterocycles. The molecule has 0 spiro atoms. The molecule has 1 fully saturated rings. The molecule has 26 heavy (non-hydrogen) atoms. The summed E-state index contributed by atoms with van der Waals surface area (Å²) < 4.78 is 5.21. The predicted octanol–water partition coefficient (Wildman–Crippen LogP) is 3.41. The SMILES string of the molecule is COc1ccc(-c2ncc(CN3CCN(c4ccccc4)CC3)[nH]2)cc1. The monoisotopic (exact) mass is 348 g/mol. The van der Waals surface area contributed by atoms with Gasteiger partial charge in [-0.15, -0.1) is 0 Å². The molecule has 1 saturated heterocycles. The van der Waals surface area contributed by atoms with Crippen LogP contribution in [0.25, 0.3) is 11.4 Å². The number of ether oxygens (including phenoxy) is 1. The second-order valence-corrected chi connectivity index (χ2v) is 6.58. The zero-order valence-electron chi connectivity index (χ0n) is 15.1. The fraction of sp³-hybridized carbons (Fsp3) is 0.286. The first-order valence-corrected chi connectivity index (χ1v) is 9.02. The van der Waals surface area contributed by atoms with Crippen molar-refractivity contribution in [1.82, 2.24) is 14.9 Å². The van der Waals surface area contributed by atoms with Gasteiger partial charge in [0.15, 0.2) is 0 Å². The van der Waals surface area contributed by atoms with Crippen LogP contribution in [-0.2, 0) is 6.54 Å². The standard InChI is InChI=1S/C21H24N4O/c1-26-20-9-7-17(8-10-20)21-22-15-18(23-21)16-24-11-13-25(14-12-24)19-5-3-2-4-6-19/h2-10,15H,11-14,16H2,1H3,(H,22,23). The highest BCUT2D eigenvalue weighted by Crippen LogP contribution is 2.21. The van der Waals surface area contributed by atoms with Gasteiger partial charge in [0.25, 0.3) is 0 Å². The number of imidazole rings is 1. The summed E-state index contributed by atoms with van der Waals surface area (Å²) in [5, 5.41) is 0. The lowest BCUT2D eigenvalue weighted by Crippen LogP contribution is -2.46. The second kappa shape index (κ2) is 7.62. The molecule has 0 unspecified atom stereocenters. The maximum absolute atomic E-state index is 5.21. The number of anilines is 1. The molecule has 2 aromatic carbocycles. The summed E-state index contributed by atoms with van der Waals surface area (Å²) in [4.78, 5) is 12.9. The highest BCUT2D eigenvalue weighted by atomic mass is 16.5. The number of aromatic nitrogens is 2. The van der Waals surface area contributed by atoms with Crippen molar-refractivity contribution in [2.24, 2.45) is 0 Å². The number of benzene rings is 2. The van der Waals surface area contributed by atoms with E-state index in [-0.39, 0.29) is 0 Å². The van der Waals surface area contributed by atoms with E-state index in [0.717, 1.165) is 55.6 Å². The van der Waals surface area contributed by atoms with Crippen molar-refractivity contribution in [3.05, 3.63) is 66.5 Å². The van der Waals surface area contributed by atoms with Gasteiger partial charge in [0, 0.05) is 55.9 Å². The normalized spacial score (nSPS) is 15.2. The van der Waals surface area contributed by atoms with Gasteiger partial charge in [-0.3, -0.25) is 4.90 Å². The molecule has 0 bridgehead atoms. The van der Waals surface area contributed by atoms with Crippen LogP contribution < -0.4 is 9.64 Å². The summed E-state index contributed by atoms with van der Waals surface area (Å²) >= 11 is 0. The van der Waals surface area contributed by atoms with Crippen LogP contribution in [0, 0.1) is 0 Å². The Morgan fingerprint density at radius 1 is 0.962 bits per heavy atom. The van der Waals surface area contributed by atoms with Gasteiger partial charge in [-0.05, 0) is 36.4 Å². The van der Waals surface area contributed by atoms with E-state index in [9.17, 15) is 0 Å². The van der Waals surface area contributed by atoms with Crippen molar-refractivity contribution in [1.29, 1.82) is 0 Å². The summed E-state index contributed by atoms with van der Waals surface area (Å²) in [7, 11) is 1.68. The first-order chi connectivity index (χ1) is 12.8. The Bertz CT molecular complexity index is 821. The lowest BCUT2D eigenvalue weighted by atomic mass is 10.2. The van der Waals surface area contributed by atoms with E-state index in [1.54, 1.807) is 7.11 Å². The molecule has 4 rings (SSSR count). The van der Waals surface area contributed by atoms with E-state index >= 15 is 0 Å². The first kappa shape index (κ1) is 16.7. The molecule has 0 saturated carbocycles. The number of hydrogen-bond acceptors (Lipinski definition) is 4. The Hall–Kier alpha value is -2.79. The summed E-state index contributed by atoms with van der Waals surface area (Å²) in [5.74, 6) is 1.77. The first-order valence-electron chi connectivity index (χ1n) is 9.02. The van der Waals surface area contributed by atoms with Crippen molar-refractivity contribution in [3.8, 4) is 17.1 Å². The lowest BCUT2D eigenvalue weighted by Gasteiger charge is -2.35. The van der Waals surface area contributed by atoms with Gasteiger partial charge in [0.1, 0.15) is 11.6 Å². The number of nitrogens with one attached hydrogen (secondary N) is 1. The quantitative estimate of drug-likeness (QED) is 0.767. The summed E-state index contributed by atoms with van der Waals surface area (Å²) in [6, 6.07) is 18.6. The van der Waals surface area contributed by atoms with Crippen LogP contribution in [0.15, 0.2) is 60.8 Å². The van der Waals surface area contributed by atoms with E-state index < -0.39 is 0 Å². The minimum absolute atomic E-state index is 0.858. The molecule has 0 aliphatic carbocycles. The number of hydrogen-bond donors (Lipinski definition) is 1. The van der Waals surface area contributed by atoms with Gasteiger partial charge in [0.05, 0.1) is 7.11 Å². The van der Waals surface area contributed by atoms with Gasteiger partial charge >= 0.3 is 0 Å². The summed E-state index contributed by atoms with van der Waals surface area (Å²) in [5.41, 5.74) is 3.55. The minimum Gasteiger partial charge on any atom is -0.497 e. The Balaban J connectivity index is 1.35. The van der Waals surface area contributed by atoms with Crippen molar-refractivity contribution < 1.29 is 4.74 Å². The highest BCUT2D eigenvalue weighted by molar-refractivity contribution is 5.56. The van der Waals surface area contributed by atoms with Crippen LogP contribution in [0.5, 0.6) is 5.75 Å². The molecule has 5 heteroatoms. The summed E-state index contributed by atoms with van der Waals surface area (Å²) in [6.07, 6.45) is 1.95. The second-order valence-electron chi connectivity index (χ2n) is 6.58. The molecule has 2 heterocycles. The maximum Gasteiger partial charge on any atom is 0.137 e. The zero-order valence-corrected chi connectivity index (χ0v) is 15.1. The van der Waals surface area contributed by atoms with Crippen LogP contribution in [-0.4, -0.2) is 48.2 Å². The third-order valence-corrected chi connectivity index (χ3v) is 4.88. The van der Waals surface area contributed by atoms with Gasteiger partial charge in [-0.25, -0.2) is 4.98 Å². The fourth-order valence-electron chi connectivity index (χ4n) is 3.38. The molecule has 134 valence electrons. The van der Waals surface area contributed by atoms with Crippen molar-refractivity contribution in [2.75, 3.05) is 38.2 Å². The molecule has 1 N–H and O–H groups in total. The number of H-pyrrole nitrogens is 1. The molecule has 0 radical (unpaired) electrons. The third kappa shape index (κ3) is 3.73. The number of piperazine rings is 1. The van der Waals surface area contributed by atoms with Crippen molar-refractivity contribution in [2.45, 2.75) is 6.54 Å². The number of methoxy groups -OCH3 is 1. The predicted molar refractivity (Wildman–Crippen MR) is 105 cm³/mol. The van der Waals surface area contributed by atoms with E-state index in [1.165, 1.54) is 5.69 Å². The van der Waals surface area contributed by atoms with Crippen molar-refractivity contribution in [3.63, 3.8) is 0 Å². The largest absolute Gasteiger partial charge is 0.497 e. The van der Waals surface area contributed by atoms with Crippen LogP contribution in [0.2, 0.25) is 0 Å². The number of rotatable bonds is 5. The van der Waals surface area contributed by atoms with E-state index in [4.69, 9.17) is 4.74 Å². The van der Waals surface area contributed by atoms with Crippen molar-refractivity contribution >= 4 is 5.69 Å². The molecule has 3 aromatic rings. The third-order valence-electron chi connectivity index (χ3n) is 4.88. The molecule has 5 nitrogen and oxygen atoms in total. The minimum atomic E-state index is 0.858. The average Bonchev–Trinajstić information content (AvgIpc) is 3.18. The smallest absolute Gasteiger partial charge is 0.137 e. The molecule has 1 aromatic heterocycles. The van der Waals surface area contributed by atoms with Gasteiger partial charge < -0.3 is 14.6 Å². The molecular weight excluding hydrogens is 324 g/mol. The Morgan fingerprint density at radius 2 is 1.69 bits per heavy atom. The van der Waals surface area contributed by atoms with Gasteiger partial charge in [-0.2, -0.15) is 0 Å². The highest BCUT2D eigenvalue weighted by Gasteiger charge is 2.18. The van der Waals surface area contributed by atoms with Crippen LogP contribution in [0.1, 0.15) is 5.69 Å². The van der Waals surface area contributed by atoms with Gasteiger partial charge in [-0.1, -0.05) is 18.2 Å². The zero-order chi connectivity index (χ0) is 17.8. The molecule has 1 aliphatic rings. The van der Waals surface area contributed by atoms with Gasteiger partial charge in [0.2, 0.25) is 0 Å². The average molecular weight is 348 g/mol. The van der Waals surface area contributed by atoms with Crippen LogP contribution >= 0.6 is 0 Å². The van der Waals surface area contributed by atoms with E-state index in [2.05, 4.69) is 50.1 Å². The van der Waals surface area contributed by atoms with Crippen LogP contribution in [0.4, 0.5) is 5.69 Å². The topological polar surface area (TPSA) is 44.4 Å². The maximum atomic E-state index is 5.21. The lowest BCUT2D eigenvalue weighted by molar-refractivity contribution is 0.247. The Kier molecular flexibility index (Phi) is 4.88. The molecule has 0 amide bonds.